The highest BCUT2D eigenvalue weighted by Crippen LogP contribution is 2.25. The summed E-state index contributed by atoms with van der Waals surface area (Å²) >= 11 is 0. The molecular formula is C17H14N2O4. The van der Waals surface area contributed by atoms with Gasteiger partial charge in [-0.1, -0.05) is 36.9 Å². The Balaban J connectivity index is 2.51. The van der Waals surface area contributed by atoms with E-state index in [2.05, 4.69) is 11.9 Å². The van der Waals surface area contributed by atoms with Gasteiger partial charge in [-0.2, -0.15) is 0 Å². The zero-order valence-electron chi connectivity index (χ0n) is 12.4. The Hall–Kier alpha value is -3.28. The second kappa shape index (κ2) is 6.65. The Labute approximate surface area is 132 Å². The van der Waals surface area contributed by atoms with Crippen LogP contribution in [0.15, 0.2) is 60.7 Å². The number of rotatable bonds is 5. The van der Waals surface area contributed by atoms with Gasteiger partial charge in [0.1, 0.15) is 0 Å². The largest absolute Gasteiger partial charge is 0.322 e. The molecule has 0 unspecified atom stereocenters. The molecule has 0 atom stereocenters. The summed E-state index contributed by atoms with van der Waals surface area (Å²) in [5, 5.41) is 13.5. The van der Waals surface area contributed by atoms with Crippen LogP contribution in [0.3, 0.4) is 0 Å². The zero-order valence-corrected chi connectivity index (χ0v) is 12.4. The lowest BCUT2D eigenvalue weighted by Gasteiger charge is -2.10. The molecule has 0 aliphatic heterocycles. The minimum absolute atomic E-state index is 0.0556. The Bertz CT molecular complexity index is 797. The summed E-state index contributed by atoms with van der Waals surface area (Å²) in [5.74, 6) is -0.868. The van der Waals surface area contributed by atoms with Crippen LogP contribution in [-0.4, -0.2) is 16.6 Å². The van der Waals surface area contributed by atoms with Crippen LogP contribution < -0.4 is 5.32 Å². The molecule has 0 saturated carbocycles. The summed E-state index contributed by atoms with van der Waals surface area (Å²) in [7, 11) is 0. The normalized spacial score (nSPS) is 9.96. The first kappa shape index (κ1) is 16.1. The number of amides is 1. The van der Waals surface area contributed by atoms with Crippen molar-refractivity contribution in [3.05, 3.63) is 81.9 Å². The summed E-state index contributed by atoms with van der Waals surface area (Å²) in [6.07, 6.45) is 0. The van der Waals surface area contributed by atoms with Crippen molar-refractivity contribution in [2.24, 2.45) is 0 Å². The van der Waals surface area contributed by atoms with Crippen LogP contribution in [0, 0.1) is 10.1 Å². The molecule has 0 heterocycles. The van der Waals surface area contributed by atoms with Crippen molar-refractivity contribution in [3.63, 3.8) is 0 Å². The SMILES string of the molecule is C=C(C)C(=O)Nc1ccc([N+](=O)[O-])cc1C(=O)c1ccccc1. The van der Waals surface area contributed by atoms with Crippen LogP contribution in [0.2, 0.25) is 0 Å². The van der Waals surface area contributed by atoms with Crippen molar-refractivity contribution in [3.8, 4) is 0 Å². The number of non-ortho nitro benzene ring substituents is 1. The molecule has 2 aromatic rings. The number of carbonyl (C=O) groups is 2. The number of nitrogens with one attached hydrogen (secondary N) is 1. The van der Waals surface area contributed by atoms with E-state index in [0.29, 0.717) is 5.56 Å². The Morgan fingerprint density at radius 1 is 1.13 bits per heavy atom. The predicted molar refractivity (Wildman–Crippen MR) is 86.4 cm³/mol. The van der Waals surface area contributed by atoms with Crippen LogP contribution in [0.4, 0.5) is 11.4 Å². The molecule has 0 aliphatic carbocycles. The fourth-order valence-corrected chi connectivity index (χ4v) is 1.92. The van der Waals surface area contributed by atoms with Gasteiger partial charge in [0.15, 0.2) is 5.78 Å². The molecule has 0 saturated heterocycles. The lowest BCUT2D eigenvalue weighted by Crippen LogP contribution is -2.15. The summed E-state index contributed by atoms with van der Waals surface area (Å²) in [5.41, 5.74) is 0.676. The molecule has 1 N–H and O–H groups in total. The van der Waals surface area contributed by atoms with Crippen molar-refractivity contribution < 1.29 is 14.5 Å². The fraction of sp³-hybridized carbons (Fsp3) is 0.0588. The molecule has 1 amide bonds. The molecule has 6 heteroatoms. The first-order valence-electron chi connectivity index (χ1n) is 6.75. The second-order valence-corrected chi connectivity index (χ2v) is 4.92. The third-order valence-electron chi connectivity index (χ3n) is 3.13. The summed E-state index contributed by atoms with van der Waals surface area (Å²) in [4.78, 5) is 34.7. The van der Waals surface area contributed by atoms with Crippen molar-refractivity contribution >= 4 is 23.1 Å². The van der Waals surface area contributed by atoms with E-state index in [9.17, 15) is 19.7 Å². The summed E-state index contributed by atoms with van der Waals surface area (Å²) in [6.45, 7) is 5.05. The highest BCUT2D eigenvalue weighted by Gasteiger charge is 2.19. The van der Waals surface area contributed by atoms with Crippen molar-refractivity contribution in [2.45, 2.75) is 6.92 Å². The molecule has 0 fully saturated rings. The number of hydrogen-bond donors (Lipinski definition) is 1. The van der Waals surface area contributed by atoms with Gasteiger partial charge in [-0.05, 0) is 13.0 Å². The smallest absolute Gasteiger partial charge is 0.270 e. The number of ketones is 1. The van der Waals surface area contributed by atoms with Gasteiger partial charge in [0.25, 0.3) is 11.6 Å². The minimum Gasteiger partial charge on any atom is -0.322 e. The van der Waals surface area contributed by atoms with E-state index < -0.39 is 16.6 Å². The average molecular weight is 310 g/mol. The van der Waals surface area contributed by atoms with E-state index in [-0.39, 0.29) is 22.5 Å². The number of benzene rings is 2. The van der Waals surface area contributed by atoms with Gasteiger partial charge in [-0.25, -0.2) is 0 Å². The van der Waals surface area contributed by atoms with E-state index in [0.717, 1.165) is 6.07 Å². The van der Waals surface area contributed by atoms with Gasteiger partial charge in [0, 0.05) is 23.3 Å². The first-order valence-corrected chi connectivity index (χ1v) is 6.75. The Kier molecular flexibility index (Phi) is 4.66. The maximum Gasteiger partial charge on any atom is 0.270 e. The molecule has 116 valence electrons. The maximum atomic E-state index is 12.6. The third kappa shape index (κ3) is 3.68. The Morgan fingerprint density at radius 2 is 1.78 bits per heavy atom. The van der Waals surface area contributed by atoms with Crippen LogP contribution in [0.1, 0.15) is 22.8 Å². The van der Waals surface area contributed by atoms with Crippen LogP contribution >= 0.6 is 0 Å². The average Bonchev–Trinajstić information content (AvgIpc) is 2.55. The quantitative estimate of drug-likeness (QED) is 0.397. The lowest BCUT2D eigenvalue weighted by molar-refractivity contribution is -0.384. The predicted octanol–water partition coefficient (Wildman–Crippen LogP) is 3.34. The van der Waals surface area contributed by atoms with Crippen LogP contribution in [0.25, 0.3) is 0 Å². The van der Waals surface area contributed by atoms with E-state index in [4.69, 9.17) is 0 Å². The molecule has 0 aliphatic rings. The molecule has 0 spiro atoms. The van der Waals surface area contributed by atoms with Crippen LogP contribution in [-0.2, 0) is 4.79 Å². The van der Waals surface area contributed by atoms with E-state index in [1.807, 2.05) is 0 Å². The number of hydrogen-bond acceptors (Lipinski definition) is 4. The van der Waals surface area contributed by atoms with Gasteiger partial charge >= 0.3 is 0 Å². The molecule has 0 bridgehead atoms. The molecule has 2 aromatic carbocycles. The number of carbonyl (C=O) groups excluding carboxylic acids is 2. The minimum atomic E-state index is -0.591. The second-order valence-electron chi connectivity index (χ2n) is 4.92. The highest BCUT2D eigenvalue weighted by molar-refractivity contribution is 6.15. The van der Waals surface area contributed by atoms with E-state index in [1.165, 1.54) is 19.1 Å². The van der Waals surface area contributed by atoms with Crippen molar-refractivity contribution in [1.29, 1.82) is 0 Å². The number of nitro groups is 1. The van der Waals surface area contributed by atoms with E-state index >= 15 is 0 Å². The standard InChI is InChI=1S/C17H14N2O4/c1-11(2)17(21)18-15-9-8-13(19(22)23)10-14(15)16(20)12-6-4-3-5-7-12/h3-10H,1H2,2H3,(H,18,21). The lowest BCUT2D eigenvalue weighted by atomic mass is 10.0. The zero-order chi connectivity index (χ0) is 17.0. The van der Waals surface area contributed by atoms with Gasteiger partial charge in [-0.15, -0.1) is 0 Å². The maximum absolute atomic E-state index is 12.6. The van der Waals surface area contributed by atoms with Crippen molar-refractivity contribution in [1.82, 2.24) is 0 Å². The molecule has 0 radical (unpaired) electrons. The fourth-order valence-electron chi connectivity index (χ4n) is 1.92. The van der Waals surface area contributed by atoms with E-state index in [1.54, 1.807) is 30.3 Å². The van der Waals surface area contributed by atoms with Gasteiger partial charge in [0.05, 0.1) is 16.2 Å². The topological polar surface area (TPSA) is 89.3 Å². The summed E-state index contributed by atoms with van der Waals surface area (Å²) in [6, 6.07) is 12.1. The Morgan fingerprint density at radius 3 is 2.35 bits per heavy atom. The molecule has 23 heavy (non-hydrogen) atoms. The third-order valence-corrected chi connectivity index (χ3v) is 3.13. The first-order chi connectivity index (χ1) is 10.9. The summed E-state index contributed by atoms with van der Waals surface area (Å²) < 4.78 is 0. The van der Waals surface area contributed by atoms with Crippen LogP contribution in [0.5, 0.6) is 0 Å². The molecular weight excluding hydrogens is 296 g/mol. The monoisotopic (exact) mass is 310 g/mol. The number of nitro benzene ring substituents is 1. The van der Waals surface area contributed by atoms with Gasteiger partial charge in [0.2, 0.25) is 0 Å². The van der Waals surface area contributed by atoms with Crippen molar-refractivity contribution in [2.75, 3.05) is 5.32 Å². The van der Waals surface area contributed by atoms with Gasteiger partial charge in [-0.3, -0.25) is 19.7 Å². The molecule has 6 nitrogen and oxygen atoms in total. The van der Waals surface area contributed by atoms with Gasteiger partial charge < -0.3 is 5.32 Å². The number of anilines is 1. The molecule has 0 aromatic heterocycles. The number of nitrogens with zero attached hydrogens (tertiary/aromatic N) is 1. The molecule has 2 rings (SSSR count). The highest BCUT2D eigenvalue weighted by atomic mass is 16.6.